The van der Waals surface area contributed by atoms with Crippen LogP contribution in [-0.4, -0.2) is 38.5 Å². The monoisotopic (exact) mass is 461 g/mol. The molecule has 0 saturated carbocycles. The van der Waals surface area contributed by atoms with Gasteiger partial charge < -0.3 is 0 Å². The van der Waals surface area contributed by atoms with Gasteiger partial charge in [0.1, 0.15) is 6.20 Å². The largest absolute Gasteiger partial charge is 0.344 e. The van der Waals surface area contributed by atoms with Crippen molar-refractivity contribution in [2.24, 2.45) is 0 Å². The van der Waals surface area contributed by atoms with Crippen LogP contribution in [0, 0.1) is 10.1 Å². The van der Waals surface area contributed by atoms with Gasteiger partial charge in [0.25, 0.3) is 10.0 Å². The van der Waals surface area contributed by atoms with Crippen molar-refractivity contribution in [3.8, 4) is 5.69 Å². The summed E-state index contributed by atoms with van der Waals surface area (Å²) in [6.45, 7) is 0. The van der Waals surface area contributed by atoms with Crippen LogP contribution >= 0.6 is 23.1 Å². The highest BCUT2D eigenvalue weighted by molar-refractivity contribution is 8.01. The zero-order valence-corrected chi connectivity index (χ0v) is 17.3. The zero-order valence-electron chi connectivity index (χ0n) is 14.8. The van der Waals surface area contributed by atoms with E-state index in [1.54, 1.807) is 42.5 Å². The Balaban J connectivity index is 1.55. The summed E-state index contributed by atoms with van der Waals surface area (Å²) in [6, 6.07) is 14.5. The molecule has 0 radical (unpaired) electrons. The first-order valence-corrected chi connectivity index (χ1v) is 11.3. The van der Waals surface area contributed by atoms with Crippen molar-refractivity contribution in [2.45, 2.75) is 14.4 Å². The second kappa shape index (κ2) is 8.17. The fourth-order valence-corrected chi connectivity index (χ4v) is 5.09. The average molecular weight is 462 g/mol. The molecule has 0 amide bonds. The van der Waals surface area contributed by atoms with E-state index in [0.29, 0.717) is 20.9 Å². The molecule has 0 unspecified atom stereocenters. The number of para-hydroxylation sites is 1. The van der Waals surface area contributed by atoms with Gasteiger partial charge in [0, 0.05) is 5.69 Å². The van der Waals surface area contributed by atoms with Crippen LogP contribution in [0.5, 0.6) is 0 Å². The fraction of sp³-hybridized carbons (Fsp3) is 0. The van der Waals surface area contributed by atoms with E-state index in [4.69, 9.17) is 0 Å². The van der Waals surface area contributed by atoms with Gasteiger partial charge in [-0.2, -0.15) is 4.68 Å². The van der Waals surface area contributed by atoms with Crippen LogP contribution in [0.3, 0.4) is 0 Å². The number of hydrogen-bond acceptors (Lipinski definition) is 10. The third-order valence-corrected chi connectivity index (χ3v) is 7.05. The number of thiazole rings is 1. The molecule has 14 heteroatoms. The number of sulfonamides is 1. The van der Waals surface area contributed by atoms with Crippen molar-refractivity contribution in [3.63, 3.8) is 0 Å². The highest BCUT2D eigenvalue weighted by atomic mass is 32.2. The van der Waals surface area contributed by atoms with Gasteiger partial charge in [-0.1, -0.05) is 18.2 Å². The molecule has 30 heavy (non-hydrogen) atoms. The molecule has 2 heterocycles. The summed E-state index contributed by atoms with van der Waals surface area (Å²) in [7, 11) is -3.75. The van der Waals surface area contributed by atoms with Crippen LogP contribution in [0.25, 0.3) is 5.69 Å². The average Bonchev–Trinajstić information content (AvgIpc) is 3.39. The minimum absolute atomic E-state index is 0.0768. The zero-order chi connectivity index (χ0) is 21.1. The second-order valence-corrected chi connectivity index (χ2v) is 9.57. The predicted molar refractivity (Wildman–Crippen MR) is 109 cm³/mol. The van der Waals surface area contributed by atoms with Crippen molar-refractivity contribution < 1.29 is 13.3 Å². The number of aromatic nitrogens is 5. The van der Waals surface area contributed by atoms with E-state index in [-0.39, 0.29) is 9.90 Å². The number of nitro groups is 1. The quantitative estimate of drug-likeness (QED) is 0.324. The highest BCUT2D eigenvalue weighted by Crippen LogP contribution is 2.33. The van der Waals surface area contributed by atoms with Gasteiger partial charge in [-0.05, 0) is 69.9 Å². The summed E-state index contributed by atoms with van der Waals surface area (Å²) >= 11 is 1.97. The lowest BCUT2D eigenvalue weighted by Gasteiger charge is -2.09. The number of benzene rings is 2. The van der Waals surface area contributed by atoms with E-state index in [0.717, 1.165) is 23.1 Å². The number of nitrogens with one attached hydrogen (secondary N) is 1. The maximum atomic E-state index is 12.5. The Bertz CT molecular complexity index is 1290. The first kappa shape index (κ1) is 19.9. The van der Waals surface area contributed by atoms with E-state index in [9.17, 15) is 18.5 Å². The molecule has 152 valence electrons. The number of tetrazole rings is 1. The van der Waals surface area contributed by atoms with E-state index < -0.39 is 14.9 Å². The molecule has 0 spiro atoms. The molecule has 2 aromatic carbocycles. The first-order valence-electron chi connectivity index (χ1n) is 8.17. The summed E-state index contributed by atoms with van der Waals surface area (Å²) in [5.41, 5.74) is 0.977. The number of nitrogens with zero attached hydrogens (tertiary/aromatic N) is 6. The fourth-order valence-electron chi connectivity index (χ4n) is 2.35. The molecule has 0 fully saturated rings. The highest BCUT2D eigenvalue weighted by Gasteiger charge is 2.18. The summed E-state index contributed by atoms with van der Waals surface area (Å²) < 4.78 is 29.4. The van der Waals surface area contributed by atoms with E-state index >= 15 is 0 Å². The van der Waals surface area contributed by atoms with Crippen molar-refractivity contribution in [3.05, 3.63) is 70.9 Å². The summed E-state index contributed by atoms with van der Waals surface area (Å²) in [6.07, 6.45) is 1.17. The van der Waals surface area contributed by atoms with Gasteiger partial charge in [-0.25, -0.2) is 13.4 Å². The minimum atomic E-state index is -3.75. The second-order valence-electron chi connectivity index (χ2n) is 5.66. The SMILES string of the molecule is O=[N+]([O-])c1cnc(Sc2nnnn2-c2ccc(S(=O)(=O)Nc3ccccc3)cc2)s1. The van der Waals surface area contributed by atoms with Crippen molar-refractivity contribution in [2.75, 3.05) is 4.72 Å². The molecule has 0 atom stereocenters. The standard InChI is InChI=1S/C16H11N7O4S3/c24-23(25)14-10-17-16(28-14)29-15-18-20-21-22(15)12-6-8-13(9-7-12)30(26,27)19-11-4-2-1-3-5-11/h1-10,19H. The van der Waals surface area contributed by atoms with Crippen molar-refractivity contribution in [1.29, 1.82) is 0 Å². The third-order valence-electron chi connectivity index (χ3n) is 3.69. The van der Waals surface area contributed by atoms with E-state index in [1.807, 2.05) is 0 Å². The van der Waals surface area contributed by atoms with Crippen molar-refractivity contribution in [1.82, 2.24) is 25.2 Å². The maximum Gasteiger partial charge on any atom is 0.344 e. The van der Waals surface area contributed by atoms with Crippen LogP contribution in [0.4, 0.5) is 10.7 Å². The molecule has 11 nitrogen and oxygen atoms in total. The van der Waals surface area contributed by atoms with Gasteiger partial charge in [0.05, 0.1) is 15.5 Å². The molecule has 2 aromatic heterocycles. The summed E-state index contributed by atoms with van der Waals surface area (Å²) in [5, 5.41) is 22.5. The molecule has 0 aliphatic rings. The molecule has 0 aliphatic carbocycles. The molecule has 0 saturated heterocycles. The molecule has 1 N–H and O–H groups in total. The Kier molecular flexibility index (Phi) is 5.43. The minimum Gasteiger partial charge on any atom is -0.280 e. The van der Waals surface area contributed by atoms with Gasteiger partial charge in [0.15, 0.2) is 4.34 Å². The molecular formula is C16H11N7O4S3. The number of hydrogen-bond donors (Lipinski definition) is 1. The van der Waals surface area contributed by atoms with Gasteiger partial charge >= 0.3 is 5.00 Å². The van der Waals surface area contributed by atoms with Gasteiger partial charge in [-0.3, -0.25) is 14.8 Å². The Hall–Kier alpha value is -3.36. The van der Waals surface area contributed by atoms with Crippen LogP contribution in [0.1, 0.15) is 0 Å². The smallest absolute Gasteiger partial charge is 0.280 e. The molecule has 0 aliphatic heterocycles. The van der Waals surface area contributed by atoms with E-state index in [1.165, 1.54) is 23.0 Å². The number of anilines is 1. The normalized spacial score (nSPS) is 11.3. The lowest BCUT2D eigenvalue weighted by atomic mass is 10.3. The number of rotatable bonds is 7. The lowest BCUT2D eigenvalue weighted by molar-refractivity contribution is -0.380. The van der Waals surface area contributed by atoms with Crippen LogP contribution in [-0.2, 0) is 10.0 Å². The lowest BCUT2D eigenvalue weighted by Crippen LogP contribution is -2.13. The van der Waals surface area contributed by atoms with Crippen LogP contribution in [0.2, 0.25) is 0 Å². The first-order chi connectivity index (χ1) is 14.4. The van der Waals surface area contributed by atoms with Crippen LogP contribution < -0.4 is 4.72 Å². The predicted octanol–water partition coefficient (Wildman–Crippen LogP) is 2.98. The van der Waals surface area contributed by atoms with Crippen LogP contribution in [0.15, 0.2) is 75.2 Å². The van der Waals surface area contributed by atoms with Crippen molar-refractivity contribution >= 4 is 43.8 Å². The van der Waals surface area contributed by atoms with Gasteiger partial charge in [0.2, 0.25) is 5.16 Å². The maximum absolute atomic E-state index is 12.5. The third kappa shape index (κ3) is 4.29. The Labute approximate surface area is 178 Å². The molecule has 0 bridgehead atoms. The Morgan fingerprint density at radius 3 is 2.50 bits per heavy atom. The van der Waals surface area contributed by atoms with Gasteiger partial charge in [-0.15, -0.1) is 5.10 Å². The molecular weight excluding hydrogens is 450 g/mol. The topological polar surface area (TPSA) is 146 Å². The summed E-state index contributed by atoms with van der Waals surface area (Å²) in [4.78, 5) is 14.3. The Morgan fingerprint density at radius 1 is 1.10 bits per heavy atom. The molecule has 4 aromatic rings. The van der Waals surface area contributed by atoms with E-state index in [2.05, 4.69) is 25.2 Å². The molecule has 4 rings (SSSR count). The summed E-state index contributed by atoms with van der Waals surface area (Å²) in [5.74, 6) is 0. The Morgan fingerprint density at radius 2 is 1.83 bits per heavy atom.